The van der Waals surface area contributed by atoms with Crippen LogP contribution < -0.4 is 0 Å². The first-order valence-corrected chi connectivity index (χ1v) is 9.19. The van der Waals surface area contributed by atoms with Crippen LogP contribution in [-0.2, 0) is 6.54 Å². The molecule has 0 radical (unpaired) electrons. The zero-order valence-electron chi connectivity index (χ0n) is 15.4. The van der Waals surface area contributed by atoms with Gasteiger partial charge in [0.2, 0.25) is 0 Å². The average molecular weight is 340 g/mol. The summed E-state index contributed by atoms with van der Waals surface area (Å²) in [5.41, 5.74) is 2.35. The Balaban J connectivity index is 1.62. The number of likely N-dealkylation sites (tertiary alicyclic amines) is 1. The summed E-state index contributed by atoms with van der Waals surface area (Å²) in [5.74, 6) is 0. The van der Waals surface area contributed by atoms with Gasteiger partial charge in [0.25, 0.3) is 0 Å². The Bertz CT molecular complexity index is 646. The second-order valence-corrected chi connectivity index (χ2v) is 7.60. The van der Waals surface area contributed by atoms with E-state index in [2.05, 4.69) is 72.3 Å². The van der Waals surface area contributed by atoms with Crippen molar-refractivity contribution in [2.45, 2.75) is 25.9 Å². The lowest BCUT2D eigenvalue weighted by molar-refractivity contribution is 0.123. The average Bonchev–Trinajstić information content (AvgIpc) is 3.07. The van der Waals surface area contributed by atoms with Crippen molar-refractivity contribution in [2.75, 3.05) is 33.4 Å². The summed E-state index contributed by atoms with van der Waals surface area (Å²) in [5, 5.41) is 0. The maximum Gasteiger partial charge on any atom is 0.0975 e. The smallest absolute Gasteiger partial charge is 0.0975 e. The highest BCUT2D eigenvalue weighted by atomic mass is 19.1. The maximum absolute atomic E-state index is 14.0. The maximum atomic E-state index is 14.0. The molecule has 1 saturated heterocycles. The van der Waals surface area contributed by atoms with Crippen molar-refractivity contribution < 1.29 is 4.39 Å². The minimum Gasteiger partial charge on any atom is -0.301 e. The van der Waals surface area contributed by atoms with Gasteiger partial charge in [-0.2, -0.15) is 0 Å². The molecule has 2 atom stereocenters. The van der Waals surface area contributed by atoms with Crippen LogP contribution in [0.4, 0.5) is 4.39 Å². The highest BCUT2D eigenvalue weighted by molar-refractivity contribution is 5.19. The van der Waals surface area contributed by atoms with Crippen LogP contribution in [0.2, 0.25) is 0 Å². The summed E-state index contributed by atoms with van der Waals surface area (Å²) in [6, 6.07) is 21.3. The molecule has 2 aromatic carbocycles. The molecular formula is C22H29FN2. The molecule has 1 aliphatic heterocycles. The van der Waals surface area contributed by atoms with E-state index >= 15 is 0 Å². The van der Waals surface area contributed by atoms with Gasteiger partial charge in [0.05, 0.1) is 6.67 Å². The highest BCUT2D eigenvalue weighted by Crippen LogP contribution is 2.36. The zero-order chi connectivity index (χ0) is 17.7. The lowest BCUT2D eigenvalue weighted by atomic mass is 9.88. The summed E-state index contributed by atoms with van der Waals surface area (Å²) in [6.45, 7) is 5.46. The molecule has 0 saturated carbocycles. The third kappa shape index (κ3) is 4.47. The number of alkyl halides is 1. The number of benzene rings is 2. The SMILES string of the molecule is C[C@H](c1ccccc1)N1CCC(CF)(CN(C)Cc2ccccc2)C1. The highest BCUT2D eigenvalue weighted by Gasteiger charge is 2.40. The van der Waals surface area contributed by atoms with Crippen LogP contribution in [0, 0.1) is 5.41 Å². The lowest BCUT2D eigenvalue weighted by Gasteiger charge is -2.33. The largest absolute Gasteiger partial charge is 0.301 e. The van der Waals surface area contributed by atoms with E-state index in [-0.39, 0.29) is 12.1 Å². The monoisotopic (exact) mass is 340 g/mol. The number of nitrogens with zero attached hydrogens (tertiary/aromatic N) is 2. The predicted molar refractivity (Wildman–Crippen MR) is 102 cm³/mol. The number of rotatable bonds is 7. The molecule has 0 aromatic heterocycles. The topological polar surface area (TPSA) is 6.48 Å². The first-order chi connectivity index (χ1) is 12.1. The second kappa shape index (κ2) is 8.11. The van der Waals surface area contributed by atoms with Gasteiger partial charge in [-0.15, -0.1) is 0 Å². The van der Waals surface area contributed by atoms with Crippen LogP contribution in [0.15, 0.2) is 60.7 Å². The Kier molecular flexibility index (Phi) is 5.87. The fourth-order valence-electron chi connectivity index (χ4n) is 4.05. The molecule has 0 aliphatic carbocycles. The Hall–Kier alpha value is -1.71. The standard InChI is InChI=1S/C22H29FN2/c1-19(21-11-7-4-8-12-21)25-14-13-22(16-23,18-25)17-24(2)15-20-9-5-3-6-10-20/h3-12,19H,13-18H2,1-2H3/t19-,22?/m1/s1. The molecule has 0 spiro atoms. The Morgan fingerprint density at radius 2 is 1.72 bits per heavy atom. The molecule has 134 valence electrons. The predicted octanol–water partition coefficient (Wildman–Crippen LogP) is 4.54. The Labute approximate surface area is 151 Å². The van der Waals surface area contributed by atoms with E-state index in [1.54, 1.807) is 0 Å². The van der Waals surface area contributed by atoms with Gasteiger partial charge < -0.3 is 4.90 Å². The van der Waals surface area contributed by atoms with E-state index in [4.69, 9.17) is 0 Å². The molecule has 3 rings (SSSR count). The number of hydrogen-bond donors (Lipinski definition) is 0. The number of halogens is 1. The summed E-state index contributed by atoms with van der Waals surface area (Å²) >= 11 is 0. The van der Waals surface area contributed by atoms with Gasteiger partial charge in [-0.3, -0.25) is 9.29 Å². The van der Waals surface area contributed by atoms with E-state index in [0.717, 1.165) is 32.6 Å². The van der Waals surface area contributed by atoms with Crippen molar-refractivity contribution in [3.63, 3.8) is 0 Å². The van der Waals surface area contributed by atoms with Crippen LogP contribution in [0.5, 0.6) is 0 Å². The van der Waals surface area contributed by atoms with E-state index in [0.29, 0.717) is 6.04 Å². The third-order valence-corrected chi connectivity index (χ3v) is 5.48. The zero-order valence-corrected chi connectivity index (χ0v) is 15.4. The summed E-state index contributed by atoms with van der Waals surface area (Å²) in [7, 11) is 2.10. The fourth-order valence-corrected chi connectivity index (χ4v) is 4.05. The van der Waals surface area contributed by atoms with Gasteiger partial charge in [-0.1, -0.05) is 60.7 Å². The molecule has 2 nitrogen and oxygen atoms in total. The van der Waals surface area contributed by atoms with Crippen molar-refractivity contribution in [3.8, 4) is 0 Å². The molecule has 0 N–H and O–H groups in total. The van der Waals surface area contributed by atoms with Crippen molar-refractivity contribution in [2.24, 2.45) is 5.41 Å². The van der Waals surface area contributed by atoms with Gasteiger partial charge in [-0.05, 0) is 38.1 Å². The summed E-state index contributed by atoms with van der Waals surface area (Å²) in [4.78, 5) is 4.71. The van der Waals surface area contributed by atoms with Gasteiger partial charge in [0.1, 0.15) is 0 Å². The first-order valence-electron chi connectivity index (χ1n) is 9.19. The molecule has 2 aromatic rings. The molecule has 1 unspecified atom stereocenters. The molecule has 0 bridgehead atoms. The third-order valence-electron chi connectivity index (χ3n) is 5.48. The molecule has 1 aliphatic rings. The van der Waals surface area contributed by atoms with Gasteiger partial charge in [0.15, 0.2) is 0 Å². The van der Waals surface area contributed by atoms with Crippen molar-refractivity contribution in [1.29, 1.82) is 0 Å². The van der Waals surface area contributed by atoms with E-state index < -0.39 is 0 Å². The quantitative estimate of drug-likeness (QED) is 0.730. The summed E-state index contributed by atoms with van der Waals surface area (Å²) < 4.78 is 14.0. The molecule has 1 heterocycles. The van der Waals surface area contributed by atoms with Crippen LogP contribution in [-0.4, -0.2) is 43.2 Å². The minimum absolute atomic E-state index is 0.243. The van der Waals surface area contributed by atoms with Crippen LogP contribution in [0.25, 0.3) is 0 Å². The van der Waals surface area contributed by atoms with Crippen LogP contribution in [0.1, 0.15) is 30.5 Å². The van der Waals surface area contributed by atoms with E-state index in [1.165, 1.54) is 11.1 Å². The number of hydrogen-bond acceptors (Lipinski definition) is 2. The molecule has 0 amide bonds. The van der Waals surface area contributed by atoms with Crippen molar-refractivity contribution in [1.82, 2.24) is 9.80 Å². The molecular weight excluding hydrogens is 311 g/mol. The molecule has 3 heteroatoms. The van der Waals surface area contributed by atoms with E-state index in [1.807, 2.05) is 12.1 Å². The van der Waals surface area contributed by atoms with Crippen LogP contribution >= 0.6 is 0 Å². The lowest BCUT2D eigenvalue weighted by Crippen LogP contribution is -2.40. The van der Waals surface area contributed by atoms with Gasteiger partial charge in [-0.25, -0.2) is 0 Å². The second-order valence-electron chi connectivity index (χ2n) is 7.60. The van der Waals surface area contributed by atoms with E-state index in [9.17, 15) is 4.39 Å². The first kappa shape index (κ1) is 18.1. The molecule has 1 fully saturated rings. The minimum atomic E-state index is -0.246. The van der Waals surface area contributed by atoms with Gasteiger partial charge in [0, 0.05) is 31.1 Å². The van der Waals surface area contributed by atoms with Crippen LogP contribution in [0.3, 0.4) is 0 Å². The summed E-state index contributed by atoms with van der Waals surface area (Å²) in [6.07, 6.45) is 0.930. The van der Waals surface area contributed by atoms with Gasteiger partial charge >= 0.3 is 0 Å². The Morgan fingerprint density at radius 3 is 2.36 bits per heavy atom. The van der Waals surface area contributed by atoms with Crippen molar-refractivity contribution >= 4 is 0 Å². The normalized spacial score (nSPS) is 22.4. The van der Waals surface area contributed by atoms with Crippen molar-refractivity contribution in [3.05, 3.63) is 71.8 Å². The molecule has 25 heavy (non-hydrogen) atoms. The fraction of sp³-hybridized carbons (Fsp3) is 0.455. The Morgan fingerprint density at radius 1 is 1.08 bits per heavy atom.